The Labute approximate surface area is 73.0 Å². The van der Waals surface area contributed by atoms with E-state index >= 15 is 0 Å². The average Bonchev–Trinajstić information content (AvgIpc) is 0. The van der Waals surface area contributed by atoms with Crippen LogP contribution in [0.5, 0.6) is 0 Å². The standard InChI is InChI=1S/ClH.Cu.HI.Pd/h1H;;1H;. The normalized spacial score (nSPS) is 0. The third-order valence-corrected chi connectivity index (χ3v) is 0. The molecule has 0 fully saturated rings. The van der Waals surface area contributed by atoms with Gasteiger partial charge in [-0.3, -0.25) is 0 Å². The molecular formula is H2ClCuIPd. The van der Waals surface area contributed by atoms with Gasteiger partial charge in [0.05, 0.1) is 0 Å². The summed E-state index contributed by atoms with van der Waals surface area (Å²) in [6, 6.07) is 0. The van der Waals surface area contributed by atoms with E-state index in [1.54, 1.807) is 0 Å². The van der Waals surface area contributed by atoms with Gasteiger partial charge in [-0.05, 0) is 0 Å². The topological polar surface area (TPSA) is 0 Å². The molecule has 4 heteroatoms. The zero-order chi connectivity index (χ0) is 0. The summed E-state index contributed by atoms with van der Waals surface area (Å²) in [5.74, 6) is 0. The van der Waals surface area contributed by atoms with Crippen LogP contribution in [0.15, 0.2) is 0 Å². The van der Waals surface area contributed by atoms with Gasteiger partial charge in [0.2, 0.25) is 0 Å². The first kappa shape index (κ1) is 34.6. The third kappa shape index (κ3) is 8.89. The summed E-state index contributed by atoms with van der Waals surface area (Å²) in [6.07, 6.45) is 0. The van der Waals surface area contributed by atoms with Crippen molar-refractivity contribution in [1.29, 1.82) is 0 Å². The molecule has 0 unspecified atom stereocenters. The Bertz CT molecular complexity index is 8.00. The molecule has 1 radical (unpaired) electrons. The van der Waals surface area contributed by atoms with Gasteiger partial charge in [0.25, 0.3) is 0 Å². The van der Waals surface area contributed by atoms with Crippen LogP contribution in [0, 0.1) is 0 Å². The van der Waals surface area contributed by atoms with Crippen molar-refractivity contribution in [3.8, 4) is 0 Å². The van der Waals surface area contributed by atoms with Gasteiger partial charge in [-0.25, -0.2) is 0 Å². The van der Waals surface area contributed by atoms with E-state index in [-0.39, 0.29) is 73.9 Å². The molecule has 0 aromatic carbocycles. The molecule has 0 atom stereocenters. The molecule has 0 N–H and O–H groups in total. The molecule has 0 aromatic rings. The molecule has 0 saturated heterocycles. The minimum atomic E-state index is 0. The molecule has 0 amide bonds. The predicted molar refractivity (Wildman–Crippen MR) is 22.7 cm³/mol. The number of halogens is 2. The molecule has 0 aliphatic heterocycles. The van der Waals surface area contributed by atoms with Crippen molar-refractivity contribution in [3.05, 3.63) is 0 Å². The summed E-state index contributed by atoms with van der Waals surface area (Å²) in [6.45, 7) is 0. The van der Waals surface area contributed by atoms with Crippen molar-refractivity contribution < 1.29 is 37.5 Å². The van der Waals surface area contributed by atoms with Crippen LogP contribution >= 0.6 is 36.4 Å². The van der Waals surface area contributed by atoms with Crippen molar-refractivity contribution >= 4 is 36.4 Å². The van der Waals surface area contributed by atoms with E-state index in [1.807, 2.05) is 0 Å². The van der Waals surface area contributed by atoms with Gasteiger partial charge in [0.1, 0.15) is 0 Å². The van der Waals surface area contributed by atoms with Crippen molar-refractivity contribution in [2.24, 2.45) is 0 Å². The maximum absolute atomic E-state index is 0. The molecule has 0 aromatic heterocycles. The number of hydrogen-bond donors (Lipinski definition) is 0. The third-order valence-electron chi connectivity index (χ3n) is 0. The largest absolute Gasteiger partial charge is 0.147 e. The average molecular weight is 334 g/mol. The second-order valence-electron chi connectivity index (χ2n) is 0. The monoisotopic (exact) mass is 333 g/mol. The molecular weight excluding hydrogens is 332 g/mol. The Hall–Kier alpha value is 2.20. The molecule has 0 bridgehead atoms. The van der Waals surface area contributed by atoms with E-state index < -0.39 is 0 Å². The summed E-state index contributed by atoms with van der Waals surface area (Å²) in [5.41, 5.74) is 0. The van der Waals surface area contributed by atoms with Gasteiger partial charge in [-0.15, -0.1) is 36.4 Å². The fourth-order valence-corrected chi connectivity index (χ4v) is 0. The van der Waals surface area contributed by atoms with Crippen LogP contribution in [-0.4, -0.2) is 0 Å². The first-order valence-electron chi connectivity index (χ1n) is 0. The van der Waals surface area contributed by atoms with Gasteiger partial charge < -0.3 is 0 Å². The van der Waals surface area contributed by atoms with Crippen LogP contribution in [-0.2, 0) is 37.5 Å². The van der Waals surface area contributed by atoms with E-state index in [9.17, 15) is 0 Å². The summed E-state index contributed by atoms with van der Waals surface area (Å²) >= 11 is 0. The smallest absolute Gasteiger partial charge is 0 e. The zero-order valence-electron chi connectivity index (χ0n) is 1.43. The number of hydrogen-bond acceptors (Lipinski definition) is 0. The first-order chi connectivity index (χ1) is 0. The maximum Gasteiger partial charge on any atom is 0 e. The fourth-order valence-electron chi connectivity index (χ4n) is 0. The Kier molecular flexibility index (Phi) is 164. The van der Waals surface area contributed by atoms with Crippen molar-refractivity contribution in [3.63, 3.8) is 0 Å². The summed E-state index contributed by atoms with van der Waals surface area (Å²) in [4.78, 5) is 0. The Balaban J connectivity index is 0. The second-order valence-corrected chi connectivity index (χ2v) is 0. The minimum Gasteiger partial charge on any atom is -0.147 e. The molecule has 0 nitrogen and oxygen atoms in total. The van der Waals surface area contributed by atoms with Crippen molar-refractivity contribution in [2.45, 2.75) is 0 Å². The molecule has 0 heterocycles. The summed E-state index contributed by atoms with van der Waals surface area (Å²) in [5, 5.41) is 0. The Morgan fingerprint density at radius 1 is 1.00 bits per heavy atom. The molecule has 0 spiro atoms. The van der Waals surface area contributed by atoms with E-state index in [1.165, 1.54) is 0 Å². The van der Waals surface area contributed by atoms with E-state index in [0.717, 1.165) is 0 Å². The van der Waals surface area contributed by atoms with Crippen LogP contribution in [0.4, 0.5) is 0 Å². The van der Waals surface area contributed by atoms with Gasteiger partial charge in [0, 0.05) is 37.5 Å². The van der Waals surface area contributed by atoms with Crippen LogP contribution < -0.4 is 0 Å². The van der Waals surface area contributed by atoms with E-state index in [2.05, 4.69) is 0 Å². The second kappa shape index (κ2) is 18.9. The fraction of sp³-hybridized carbons (Fsp3) is 0. The minimum absolute atomic E-state index is 0. The molecule has 0 rings (SSSR count). The van der Waals surface area contributed by atoms with Crippen LogP contribution in [0.3, 0.4) is 0 Å². The maximum atomic E-state index is 0. The van der Waals surface area contributed by atoms with Crippen molar-refractivity contribution in [1.82, 2.24) is 0 Å². The first-order valence-corrected chi connectivity index (χ1v) is 0. The SMILES string of the molecule is Cl.I.[Cu].[Pd]. The van der Waals surface area contributed by atoms with Crippen LogP contribution in [0.25, 0.3) is 0 Å². The summed E-state index contributed by atoms with van der Waals surface area (Å²) < 4.78 is 0. The van der Waals surface area contributed by atoms with E-state index in [0.29, 0.717) is 0 Å². The number of rotatable bonds is 0. The van der Waals surface area contributed by atoms with E-state index in [4.69, 9.17) is 0 Å². The van der Waals surface area contributed by atoms with Crippen molar-refractivity contribution in [2.75, 3.05) is 0 Å². The zero-order valence-corrected chi connectivity index (χ0v) is 7.08. The van der Waals surface area contributed by atoms with Gasteiger partial charge in [-0.2, -0.15) is 0 Å². The van der Waals surface area contributed by atoms with Gasteiger partial charge in [0.15, 0.2) is 0 Å². The van der Waals surface area contributed by atoms with Gasteiger partial charge in [-0.1, -0.05) is 0 Å². The van der Waals surface area contributed by atoms with Crippen LogP contribution in [0.1, 0.15) is 0 Å². The quantitative estimate of drug-likeness (QED) is 0.459. The van der Waals surface area contributed by atoms with Gasteiger partial charge >= 0.3 is 0 Å². The molecule has 4 heavy (non-hydrogen) atoms. The van der Waals surface area contributed by atoms with Crippen LogP contribution in [0.2, 0.25) is 0 Å². The molecule has 0 saturated carbocycles. The Morgan fingerprint density at radius 3 is 1.00 bits per heavy atom. The predicted octanol–water partition coefficient (Wildman–Crippen LogP) is 1.03. The summed E-state index contributed by atoms with van der Waals surface area (Å²) in [7, 11) is 0. The molecule has 0 aliphatic carbocycles. The Morgan fingerprint density at radius 2 is 1.00 bits per heavy atom. The molecule has 37 valence electrons. The molecule has 0 aliphatic rings.